The lowest BCUT2D eigenvalue weighted by Gasteiger charge is -2.32. The van der Waals surface area contributed by atoms with E-state index in [4.69, 9.17) is 4.74 Å². The Labute approximate surface area is 136 Å². The Hall–Kier alpha value is -1.24. The molecule has 0 unspecified atom stereocenters. The number of nitrogens with one attached hydrogen (secondary N) is 1. The normalized spacial score (nSPS) is 17.2. The molecule has 0 bridgehead atoms. The maximum atomic E-state index is 11.9. The molecule has 0 spiro atoms. The Morgan fingerprint density at radius 2 is 2.32 bits per heavy atom. The van der Waals surface area contributed by atoms with Crippen LogP contribution in [0.5, 0.6) is 0 Å². The van der Waals surface area contributed by atoms with E-state index in [1.54, 1.807) is 30.6 Å². The molecule has 122 valence electrons. The van der Waals surface area contributed by atoms with E-state index in [1.165, 1.54) is 0 Å². The van der Waals surface area contributed by atoms with Crippen LogP contribution in [0.25, 0.3) is 6.08 Å². The Kier molecular flexibility index (Phi) is 7.02. The molecule has 0 atom stereocenters. The number of carbonyl (C=O) groups is 1. The van der Waals surface area contributed by atoms with Crippen LogP contribution in [-0.2, 0) is 9.53 Å². The van der Waals surface area contributed by atoms with E-state index in [0.717, 1.165) is 56.2 Å². The summed E-state index contributed by atoms with van der Waals surface area (Å²) in [5.41, 5.74) is 0.852. The van der Waals surface area contributed by atoms with Crippen molar-refractivity contribution in [3.05, 3.63) is 22.2 Å². The van der Waals surface area contributed by atoms with E-state index in [0.29, 0.717) is 0 Å². The lowest BCUT2D eigenvalue weighted by atomic mass is 10.0. The number of thiazole rings is 1. The van der Waals surface area contributed by atoms with Crippen LogP contribution < -0.4 is 5.32 Å². The van der Waals surface area contributed by atoms with Crippen molar-refractivity contribution in [2.75, 3.05) is 33.4 Å². The molecule has 22 heavy (non-hydrogen) atoms. The molecule has 6 heteroatoms. The van der Waals surface area contributed by atoms with Gasteiger partial charge in [0.2, 0.25) is 5.91 Å². The van der Waals surface area contributed by atoms with Gasteiger partial charge in [-0.1, -0.05) is 0 Å². The molecule has 2 rings (SSSR count). The topological polar surface area (TPSA) is 54.5 Å². The SMILES string of the molecule is COCCCN1CCC(NC(=O)/C=C/c2csc(C)n2)CC1. The fraction of sp³-hybridized carbons (Fsp3) is 0.625. The molecule has 1 aromatic rings. The first kappa shape index (κ1) is 17.1. The van der Waals surface area contributed by atoms with Crippen LogP contribution in [0.15, 0.2) is 11.5 Å². The third-order valence-corrected chi connectivity index (χ3v) is 4.59. The predicted octanol–water partition coefficient (Wildman–Crippen LogP) is 2.08. The van der Waals surface area contributed by atoms with Crippen LogP contribution in [0.4, 0.5) is 0 Å². The number of rotatable bonds is 7. The van der Waals surface area contributed by atoms with Crippen molar-refractivity contribution in [3.63, 3.8) is 0 Å². The maximum absolute atomic E-state index is 11.9. The second-order valence-corrected chi connectivity index (χ2v) is 6.66. The predicted molar refractivity (Wildman–Crippen MR) is 90.0 cm³/mol. The minimum atomic E-state index is -0.0245. The molecule has 1 saturated heterocycles. The van der Waals surface area contributed by atoms with E-state index in [1.807, 2.05) is 12.3 Å². The number of hydrogen-bond donors (Lipinski definition) is 1. The van der Waals surface area contributed by atoms with Crippen molar-refractivity contribution in [2.45, 2.75) is 32.2 Å². The number of methoxy groups -OCH3 is 1. The standard InChI is InChI=1S/C16H25N3O2S/c1-13-17-15(12-22-13)4-5-16(20)18-14-6-9-19(10-7-14)8-3-11-21-2/h4-5,12,14H,3,6-11H2,1-2H3,(H,18,20)/b5-4+. The first-order valence-electron chi connectivity index (χ1n) is 7.79. The van der Waals surface area contributed by atoms with Crippen molar-refractivity contribution in [2.24, 2.45) is 0 Å². The van der Waals surface area contributed by atoms with Crippen molar-refractivity contribution >= 4 is 23.3 Å². The lowest BCUT2D eigenvalue weighted by molar-refractivity contribution is -0.117. The molecule has 0 aliphatic carbocycles. The largest absolute Gasteiger partial charge is 0.385 e. The Morgan fingerprint density at radius 1 is 1.55 bits per heavy atom. The van der Waals surface area contributed by atoms with Gasteiger partial charge in [-0.2, -0.15) is 0 Å². The summed E-state index contributed by atoms with van der Waals surface area (Å²) >= 11 is 1.59. The Bertz CT molecular complexity index is 493. The number of amides is 1. The molecule has 0 saturated carbocycles. The molecular formula is C16H25N3O2S. The van der Waals surface area contributed by atoms with Gasteiger partial charge in [0.15, 0.2) is 0 Å². The monoisotopic (exact) mass is 323 g/mol. The van der Waals surface area contributed by atoms with Crippen LogP contribution in [0.1, 0.15) is 30.0 Å². The molecule has 2 heterocycles. The summed E-state index contributed by atoms with van der Waals surface area (Å²) < 4.78 is 5.08. The molecule has 1 fully saturated rings. The summed E-state index contributed by atoms with van der Waals surface area (Å²) in [4.78, 5) is 18.7. The summed E-state index contributed by atoms with van der Waals surface area (Å²) in [6.07, 6.45) is 6.46. The number of aryl methyl sites for hydroxylation is 1. The lowest BCUT2D eigenvalue weighted by Crippen LogP contribution is -2.44. The number of piperidine rings is 1. The van der Waals surface area contributed by atoms with E-state index < -0.39 is 0 Å². The number of ether oxygens (including phenoxy) is 1. The van der Waals surface area contributed by atoms with Crippen molar-refractivity contribution < 1.29 is 9.53 Å². The van der Waals surface area contributed by atoms with Crippen LogP contribution >= 0.6 is 11.3 Å². The van der Waals surface area contributed by atoms with Crippen LogP contribution in [0.2, 0.25) is 0 Å². The zero-order valence-corrected chi connectivity index (χ0v) is 14.2. The average Bonchev–Trinajstić information content (AvgIpc) is 2.93. The smallest absolute Gasteiger partial charge is 0.244 e. The maximum Gasteiger partial charge on any atom is 0.244 e. The van der Waals surface area contributed by atoms with E-state index in [-0.39, 0.29) is 11.9 Å². The minimum Gasteiger partial charge on any atom is -0.385 e. The van der Waals surface area contributed by atoms with E-state index in [2.05, 4.69) is 15.2 Å². The van der Waals surface area contributed by atoms with E-state index in [9.17, 15) is 4.79 Å². The van der Waals surface area contributed by atoms with Gasteiger partial charge in [-0.15, -0.1) is 11.3 Å². The summed E-state index contributed by atoms with van der Waals surface area (Å²) in [7, 11) is 1.74. The highest BCUT2D eigenvalue weighted by atomic mass is 32.1. The fourth-order valence-corrected chi connectivity index (χ4v) is 3.18. The zero-order valence-electron chi connectivity index (χ0n) is 13.4. The number of likely N-dealkylation sites (tertiary alicyclic amines) is 1. The highest BCUT2D eigenvalue weighted by Gasteiger charge is 2.19. The molecule has 1 aliphatic rings. The minimum absolute atomic E-state index is 0.0245. The van der Waals surface area contributed by atoms with Gasteiger partial charge in [0.25, 0.3) is 0 Å². The molecule has 1 aliphatic heterocycles. The molecule has 0 radical (unpaired) electrons. The first-order valence-corrected chi connectivity index (χ1v) is 8.67. The zero-order chi connectivity index (χ0) is 15.8. The molecule has 1 N–H and O–H groups in total. The van der Waals surface area contributed by atoms with Gasteiger partial charge >= 0.3 is 0 Å². The number of aromatic nitrogens is 1. The van der Waals surface area contributed by atoms with Gasteiger partial charge in [0.05, 0.1) is 10.7 Å². The molecule has 1 aromatic heterocycles. The van der Waals surface area contributed by atoms with Gasteiger partial charge in [-0.3, -0.25) is 4.79 Å². The number of hydrogen-bond acceptors (Lipinski definition) is 5. The summed E-state index contributed by atoms with van der Waals surface area (Å²) in [5.74, 6) is -0.0245. The molecule has 0 aromatic carbocycles. The van der Waals surface area contributed by atoms with Crippen LogP contribution in [0.3, 0.4) is 0 Å². The van der Waals surface area contributed by atoms with Gasteiger partial charge < -0.3 is 15.0 Å². The average molecular weight is 323 g/mol. The molecular weight excluding hydrogens is 298 g/mol. The highest BCUT2D eigenvalue weighted by molar-refractivity contribution is 7.09. The Balaban J connectivity index is 1.67. The third kappa shape index (κ3) is 5.87. The third-order valence-electron chi connectivity index (χ3n) is 3.80. The van der Waals surface area contributed by atoms with Gasteiger partial charge in [-0.05, 0) is 32.3 Å². The summed E-state index contributed by atoms with van der Waals surface area (Å²) in [6, 6.07) is 0.285. The first-order chi connectivity index (χ1) is 10.7. The van der Waals surface area contributed by atoms with Crippen molar-refractivity contribution in [1.29, 1.82) is 0 Å². The fourth-order valence-electron chi connectivity index (χ4n) is 2.60. The summed E-state index contributed by atoms with van der Waals surface area (Å²) in [5, 5.41) is 6.05. The quantitative estimate of drug-likeness (QED) is 0.616. The second-order valence-electron chi connectivity index (χ2n) is 5.60. The van der Waals surface area contributed by atoms with Gasteiger partial charge in [0, 0.05) is 50.8 Å². The van der Waals surface area contributed by atoms with E-state index >= 15 is 0 Å². The van der Waals surface area contributed by atoms with Gasteiger partial charge in [0.1, 0.15) is 0 Å². The van der Waals surface area contributed by atoms with Crippen molar-refractivity contribution in [1.82, 2.24) is 15.2 Å². The number of nitrogens with zero attached hydrogens (tertiary/aromatic N) is 2. The van der Waals surface area contributed by atoms with Gasteiger partial charge in [-0.25, -0.2) is 4.98 Å². The van der Waals surface area contributed by atoms with Crippen LogP contribution in [0, 0.1) is 6.92 Å². The summed E-state index contributed by atoms with van der Waals surface area (Å²) in [6.45, 7) is 5.95. The highest BCUT2D eigenvalue weighted by Crippen LogP contribution is 2.11. The molecule has 1 amide bonds. The second kappa shape index (κ2) is 9.02. The molecule has 5 nitrogen and oxygen atoms in total. The number of carbonyl (C=O) groups excluding carboxylic acids is 1. The van der Waals surface area contributed by atoms with Crippen LogP contribution in [-0.4, -0.2) is 55.2 Å². The van der Waals surface area contributed by atoms with Crippen molar-refractivity contribution in [3.8, 4) is 0 Å². The Morgan fingerprint density at radius 3 is 2.95 bits per heavy atom.